The summed E-state index contributed by atoms with van der Waals surface area (Å²) in [6, 6.07) is 5.79. The van der Waals surface area contributed by atoms with E-state index in [9.17, 15) is 0 Å². The summed E-state index contributed by atoms with van der Waals surface area (Å²) in [4.78, 5) is 0. The second kappa shape index (κ2) is 6.37. The summed E-state index contributed by atoms with van der Waals surface area (Å²) in [7, 11) is 1.66. The van der Waals surface area contributed by atoms with Gasteiger partial charge in [-0.1, -0.05) is 11.6 Å². The monoisotopic (exact) mass is 299 g/mol. The molecule has 0 unspecified atom stereocenters. The number of ether oxygens (including phenoxy) is 1. The summed E-state index contributed by atoms with van der Waals surface area (Å²) in [5.41, 5.74) is 1.98. The van der Waals surface area contributed by atoms with Crippen molar-refractivity contribution >= 4 is 23.2 Å². The molecule has 2 aromatic rings. The Bertz CT molecular complexity index is 569. The molecule has 1 heterocycles. The molecule has 19 heavy (non-hydrogen) atoms. The van der Waals surface area contributed by atoms with Gasteiger partial charge in [0.25, 0.3) is 0 Å². The molecule has 0 radical (unpaired) electrons. The van der Waals surface area contributed by atoms with Crippen LogP contribution in [0.3, 0.4) is 0 Å². The van der Waals surface area contributed by atoms with Crippen molar-refractivity contribution in [1.29, 1.82) is 0 Å². The predicted molar refractivity (Wildman–Crippen MR) is 76.6 cm³/mol. The van der Waals surface area contributed by atoms with Crippen molar-refractivity contribution in [3.63, 3.8) is 0 Å². The summed E-state index contributed by atoms with van der Waals surface area (Å²) in [6.45, 7) is 3.22. The maximum absolute atomic E-state index is 6.04. The standard InChI is InChI=1S/C13H15Cl2N3O/c1-9-7-10(3-4-11(9)15)13-17-16-12(8-14)18(13)5-6-19-2/h3-4,7H,5-6,8H2,1-2H3. The number of alkyl halides is 1. The predicted octanol–water partition coefficient (Wildman–Crippen LogP) is 3.29. The number of hydrogen-bond donors (Lipinski definition) is 0. The fourth-order valence-electron chi connectivity index (χ4n) is 1.85. The summed E-state index contributed by atoms with van der Waals surface area (Å²) in [6.07, 6.45) is 0. The van der Waals surface area contributed by atoms with E-state index in [1.165, 1.54) is 0 Å². The Labute approximate surface area is 122 Å². The van der Waals surface area contributed by atoms with Gasteiger partial charge in [-0.05, 0) is 30.7 Å². The average Bonchev–Trinajstić information content (AvgIpc) is 2.82. The third kappa shape index (κ3) is 3.08. The van der Waals surface area contributed by atoms with E-state index in [1.54, 1.807) is 7.11 Å². The minimum absolute atomic E-state index is 0.323. The Morgan fingerprint density at radius 2 is 2.11 bits per heavy atom. The SMILES string of the molecule is COCCn1c(CCl)nnc1-c1ccc(Cl)c(C)c1. The number of halogens is 2. The average molecular weight is 300 g/mol. The molecule has 6 heteroatoms. The Balaban J connectivity index is 2.42. The van der Waals surface area contributed by atoms with Crippen molar-refractivity contribution in [2.75, 3.05) is 13.7 Å². The number of benzene rings is 1. The summed E-state index contributed by atoms with van der Waals surface area (Å²) in [5, 5.41) is 9.06. The summed E-state index contributed by atoms with van der Waals surface area (Å²) >= 11 is 11.9. The Kier molecular flexibility index (Phi) is 4.80. The Hall–Kier alpha value is -1.10. The lowest BCUT2D eigenvalue weighted by molar-refractivity contribution is 0.187. The normalized spacial score (nSPS) is 10.9. The molecule has 0 aliphatic carbocycles. The van der Waals surface area contributed by atoms with Gasteiger partial charge < -0.3 is 9.30 Å². The van der Waals surface area contributed by atoms with Gasteiger partial charge in [-0.25, -0.2) is 0 Å². The van der Waals surface area contributed by atoms with Gasteiger partial charge in [-0.2, -0.15) is 0 Å². The second-order valence-corrected chi connectivity index (χ2v) is 4.86. The lowest BCUT2D eigenvalue weighted by Gasteiger charge is -2.09. The van der Waals surface area contributed by atoms with Crippen LogP contribution in [0.5, 0.6) is 0 Å². The number of nitrogens with zero attached hydrogens (tertiary/aromatic N) is 3. The Morgan fingerprint density at radius 3 is 2.74 bits per heavy atom. The maximum Gasteiger partial charge on any atom is 0.164 e. The van der Waals surface area contributed by atoms with Crippen LogP contribution in [0.25, 0.3) is 11.4 Å². The molecule has 0 amide bonds. The zero-order chi connectivity index (χ0) is 13.8. The van der Waals surface area contributed by atoms with Crippen LogP contribution in [0.15, 0.2) is 18.2 Å². The van der Waals surface area contributed by atoms with Gasteiger partial charge in [0.1, 0.15) is 5.82 Å². The first kappa shape index (κ1) is 14.3. The van der Waals surface area contributed by atoms with Gasteiger partial charge in [-0.3, -0.25) is 0 Å². The molecule has 102 valence electrons. The largest absolute Gasteiger partial charge is 0.383 e. The van der Waals surface area contributed by atoms with Gasteiger partial charge in [0.15, 0.2) is 5.82 Å². The molecule has 0 saturated heterocycles. The van der Waals surface area contributed by atoms with E-state index in [1.807, 2.05) is 29.7 Å². The molecule has 0 spiro atoms. The van der Waals surface area contributed by atoms with Crippen LogP contribution in [0, 0.1) is 6.92 Å². The molecular weight excluding hydrogens is 285 g/mol. The smallest absolute Gasteiger partial charge is 0.164 e. The van der Waals surface area contributed by atoms with Crippen LogP contribution in [0.1, 0.15) is 11.4 Å². The van der Waals surface area contributed by atoms with E-state index in [2.05, 4.69) is 10.2 Å². The van der Waals surface area contributed by atoms with E-state index in [0.29, 0.717) is 19.0 Å². The Morgan fingerprint density at radius 1 is 1.32 bits per heavy atom. The highest BCUT2D eigenvalue weighted by Gasteiger charge is 2.13. The molecular formula is C13H15Cl2N3O. The van der Waals surface area contributed by atoms with Gasteiger partial charge in [0.05, 0.1) is 12.5 Å². The molecule has 0 atom stereocenters. The van der Waals surface area contributed by atoms with Crippen LogP contribution in [-0.2, 0) is 17.2 Å². The van der Waals surface area contributed by atoms with Gasteiger partial charge >= 0.3 is 0 Å². The van der Waals surface area contributed by atoms with E-state index < -0.39 is 0 Å². The topological polar surface area (TPSA) is 39.9 Å². The first-order chi connectivity index (χ1) is 9.17. The number of methoxy groups -OCH3 is 1. The lowest BCUT2D eigenvalue weighted by atomic mass is 10.1. The minimum Gasteiger partial charge on any atom is -0.383 e. The quantitative estimate of drug-likeness (QED) is 0.795. The molecule has 0 aliphatic heterocycles. The van der Waals surface area contributed by atoms with Gasteiger partial charge in [0, 0.05) is 24.2 Å². The third-order valence-electron chi connectivity index (χ3n) is 2.88. The van der Waals surface area contributed by atoms with E-state index in [0.717, 1.165) is 27.8 Å². The van der Waals surface area contributed by atoms with E-state index >= 15 is 0 Å². The number of aromatic nitrogens is 3. The third-order valence-corrected chi connectivity index (χ3v) is 3.55. The highest BCUT2D eigenvalue weighted by atomic mass is 35.5. The second-order valence-electron chi connectivity index (χ2n) is 4.18. The molecule has 0 N–H and O–H groups in total. The van der Waals surface area contributed by atoms with E-state index in [-0.39, 0.29) is 0 Å². The van der Waals surface area contributed by atoms with Crippen LogP contribution < -0.4 is 0 Å². The summed E-state index contributed by atoms with van der Waals surface area (Å²) < 4.78 is 7.08. The van der Waals surface area contributed by atoms with Crippen LogP contribution >= 0.6 is 23.2 Å². The molecule has 1 aromatic carbocycles. The highest BCUT2D eigenvalue weighted by molar-refractivity contribution is 6.31. The van der Waals surface area contributed by atoms with Crippen LogP contribution in [-0.4, -0.2) is 28.5 Å². The first-order valence-corrected chi connectivity index (χ1v) is 6.82. The van der Waals surface area contributed by atoms with Crippen LogP contribution in [0.4, 0.5) is 0 Å². The van der Waals surface area contributed by atoms with Crippen molar-refractivity contribution in [3.05, 3.63) is 34.6 Å². The molecule has 0 aliphatic rings. The lowest BCUT2D eigenvalue weighted by Crippen LogP contribution is -2.09. The fourth-order valence-corrected chi connectivity index (χ4v) is 2.16. The van der Waals surface area contributed by atoms with Crippen LogP contribution in [0.2, 0.25) is 5.02 Å². The molecule has 1 aromatic heterocycles. The highest BCUT2D eigenvalue weighted by Crippen LogP contribution is 2.24. The van der Waals surface area contributed by atoms with Crippen molar-refractivity contribution < 1.29 is 4.74 Å². The summed E-state index contributed by atoms with van der Waals surface area (Å²) in [5.74, 6) is 1.84. The molecule has 0 saturated carbocycles. The molecule has 0 bridgehead atoms. The fraction of sp³-hybridized carbons (Fsp3) is 0.385. The van der Waals surface area contributed by atoms with Crippen molar-refractivity contribution in [2.45, 2.75) is 19.3 Å². The molecule has 4 nitrogen and oxygen atoms in total. The molecule has 0 fully saturated rings. The maximum atomic E-state index is 6.04. The zero-order valence-corrected chi connectivity index (χ0v) is 12.4. The number of rotatable bonds is 5. The van der Waals surface area contributed by atoms with Gasteiger partial charge in [-0.15, -0.1) is 21.8 Å². The van der Waals surface area contributed by atoms with Crippen molar-refractivity contribution in [2.24, 2.45) is 0 Å². The van der Waals surface area contributed by atoms with Crippen molar-refractivity contribution in [1.82, 2.24) is 14.8 Å². The molecule has 2 rings (SSSR count). The minimum atomic E-state index is 0.323. The zero-order valence-electron chi connectivity index (χ0n) is 10.9. The number of hydrogen-bond acceptors (Lipinski definition) is 3. The van der Waals surface area contributed by atoms with Crippen molar-refractivity contribution in [3.8, 4) is 11.4 Å². The first-order valence-electron chi connectivity index (χ1n) is 5.91. The van der Waals surface area contributed by atoms with Gasteiger partial charge in [0.2, 0.25) is 0 Å². The number of aryl methyl sites for hydroxylation is 1. The van der Waals surface area contributed by atoms with E-state index in [4.69, 9.17) is 27.9 Å².